The molecule has 0 aromatic carbocycles. The van der Waals surface area contributed by atoms with Crippen LogP contribution in [0.15, 0.2) is 0 Å². The van der Waals surface area contributed by atoms with Gasteiger partial charge in [0.15, 0.2) is 5.75 Å². The van der Waals surface area contributed by atoms with Gasteiger partial charge in [0.05, 0.1) is 19.3 Å². The number of aliphatic hydroxyl groups excluding tert-OH is 1. The first-order valence-electron chi connectivity index (χ1n) is 6.33. The van der Waals surface area contributed by atoms with Gasteiger partial charge in [-0.1, -0.05) is 0 Å². The summed E-state index contributed by atoms with van der Waals surface area (Å²) in [5.74, 6) is -1.76. The molecule has 1 saturated heterocycles. The van der Waals surface area contributed by atoms with Gasteiger partial charge in [0.25, 0.3) is 0 Å². The fraction of sp³-hybridized carbons (Fsp3) is 0.818. The Bertz CT molecular complexity index is 507. The van der Waals surface area contributed by atoms with Crippen molar-refractivity contribution in [2.24, 2.45) is 0 Å². The number of carbonyl (C=O) groups excluding carboxylic acids is 1. The molecule has 1 amide bonds. The molecule has 1 rings (SSSR count). The van der Waals surface area contributed by atoms with E-state index < -0.39 is 46.0 Å². The van der Waals surface area contributed by atoms with Crippen molar-refractivity contribution in [3.8, 4) is 0 Å². The Morgan fingerprint density at radius 1 is 1.48 bits per heavy atom. The summed E-state index contributed by atoms with van der Waals surface area (Å²) in [6.07, 6.45) is -0.844. The van der Waals surface area contributed by atoms with Crippen LogP contribution in [0, 0.1) is 0 Å². The first-order chi connectivity index (χ1) is 9.64. The van der Waals surface area contributed by atoms with Crippen LogP contribution in [0.3, 0.4) is 0 Å². The molecule has 3 N–H and O–H groups in total. The van der Waals surface area contributed by atoms with Gasteiger partial charge >= 0.3 is 12.1 Å². The summed E-state index contributed by atoms with van der Waals surface area (Å²) >= 11 is 0. The number of methoxy groups -OCH3 is 1. The van der Waals surface area contributed by atoms with Gasteiger partial charge in [0.1, 0.15) is 0 Å². The first-order valence-corrected chi connectivity index (χ1v) is 7.99. The van der Waals surface area contributed by atoms with Gasteiger partial charge in [0, 0.05) is 12.6 Å². The maximum Gasteiger partial charge on any atom is 0.407 e. The van der Waals surface area contributed by atoms with Crippen molar-refractivity contribution in [2.75, 3.05) is 26.0 Å². The second-order valence-electron chi connectivity index (χ2n) is 5.15. The molecule has 0 radical (unpaired) electrons. The molecular formula is C11H20N2O7S. The molecule has 0 spiro atoms. The number of hydrogen-bond acceptors (Lipinski definition) is 6. The van der Waals surface area contributed by atoms with Crippen molar-refractivity contribution in [3.63, 3.8) is 0 Å². The SMILES string of the molecule is COC(=O)CS(=O)(=O)N[C@]1(CO)CCN(C(=O)O)[C@@H](C)C1. The van der Waals surface area contributed by atoms with E-state index in [1.54, 1.807) is 6.92 Å². The van der Waals surface area contributed by atoms with Crippen molar-refractivity contribution in [1.82, 2.24) is 9.62 Å². The average Bonchev–Trinajstić information content (AvgIpc) is 2.36. The van der Waals surface area contributed by atoms with Crippen LogP contribution in [0.2, 0.25) is 0 Å². The van der Waals surface area contributed by atoms with E-state index in [0.29, 0.717) is 0 Å². The molecule has 0 aromatic heterocycles. The minimum absolute atomic E-state index is 0.0950. The smallest absolute Gasteiger partial charge is 0.407 e. The van der Waals surface area contributed by atoms with Gasteiger partial charge < -0.3 is 19.8 Å². The van der Waals surface area contributed by atoms with Crippen molar-refractivity contribution in [3.05, 3.63) is 0 Å². The lowest BCUT2D eigenvalue weighted by Crippen LogP contribution is -2.61. The number of hydrogen-bond donors (Lipinski definition) is 3. The minimum atomic E-state index is -3.97. The Labute approximate surface area is 122 Å². The number of esters is 1. The number of nitrogens with zero attached hydrogens (tertiary/aromatic N) is 1. The summed E-state index contributed by atoms with van der Waals surface area (Å²) in [6.45, 7) is 1.25. The topological polar surface area (TPSA) is 133 Å². The van der Waals surface area contributed by atoms with Crippen LogP contribution in [-0.4, -0.2) is 73.2 Å². The largest absolute Gasteiger partial charge is 0.468 e. The lowest BCUT2D eigenvalue weighted by Gasteiger charge is -2.43. The monoisotopic (exact) mass is 324 g/mol. The number of ether oxygens (including phenoxy) is 1. The summed E-state index contributed by atoms with van der Waals surface area (Å²) in [5, 5.41) is 18.5. The summed E-state index contributed by atoms with van der Waals surface area (Å²) in [6, 6.07) is -0.454. The van der Waals surface area contributed by atoms with Crippen LogP contribution in [-0.2, 0) is 19.6 Å². The highest BCUT2D eigenvalue weighted by Gasteiger charge is 2.42. The number of amides is 1. The average molecular weight is 324 g/mol. The normalized spacial score (nSPS) is 26.4. The number of likely N-dealkylation sites (tertiary alicyclic amines) is 1. The van der Waals surface area contributed by atoms with Crippen molar-refractivity contribution in [2.45, 2.75) is 31.3 Å². The van der Waals surface area contributed by atoms with Crippen LogP contribution in [0.25, 0.3) is 0 Å². The predicted octanol–water partition coefficient (Wildman–Crippen LogP) is -1.03. The van der Waals surface area contributed by atoms with E-state index in [4.69, 9.17) is 5.11 Å². The molecule has 0 unspecified atom stereocenters. The predicted molar refractivity (Wildman–Crippen MR) is 72.2 cm³/mol. The number of carboxylic acid groups (broad SMARTS) is 1. The molecule has 122 valence electrons. The van der Waals surface area contributed by atoms with Gasteiger partial charge in [-0.2, -0.15) is 0 Å². The number of carbonyl (C=O) groups is 2. The molecular weight excluding hydrogens is 304 g/mol. The van der Waals surface area contributed by atoms with Crippen LogP contribution in [0.1, 0.15) is 19.8 Å². The Morgan fingerprint density at radius 3 is 2.52 bits per heavy atom. The third-order valence-electron chi connectivity index (χ3n) is 3.51. The van der Waals surface area contributed by atoms with E-state index >= 15 is 0 Å². The van der Waals surface area contributed by atoms with E-state index in [-0.39, 0.29) is 19.4 Å². The summed E-state index contributed by atoms with van der Waals surface area (Å²) in [4.78, 5) is 23.3. The zero-order valence-electron chi connectivity index (χ0n) is 11.9. The zero-order valence-corrected chi connectivity index (χ0v) is 12.7. The molecule has 1 aliphatic rings. The number of nitrogens with one attached hydrogen (secondary N) is 1. The number of piperidine rings is 1. The maximum absolute atomic E-state index is 11.9. The van der Waals surface area contributed by atoms with Crippen molar-refractivity contribution >= 4 is 22.1 Å². The molecule has 0 aliphatic carbocycles. The molecule has 0 saturated carbocycles. The van der Waals surface area contributed by atoms with E-state index in [1.165, 1.54) is 4.90 Å². The Kier molecular flexibility index (Phi) is 5.54. The van der Waals surface area contributed by atoms with E-state index in [1.807, 2.05) is 0 Å². The summed E-state index contributed by atoms with van der Waals surface area (Å²) < 4.78 is 30.4. The second kappa shape index (κ2) is 6.58. The quantitative estimate of drug-likeness (QED) is 0.551. The maximum atomic E-state index is 11.9. The molecule has 10 heteroatoms. The second-order valence-corrected chi connectivity index (χ2v) is 6.88. The highest BCUT2D eigenvalue weighted by Crippen LogP contribution is 2.27. The zero-order chi connectivity index (χ0) is 16.3. The van der Waals surface area contributed by atoms with Gasteiger partial charge in [-0.3, -0.25) is 4.79 Å². The van der Waals surface area contributed by atoms with Gasteiger partial charge in [-0.25, -0.2) is 17.9 Å². The standard InChI is InChI=1S/C11H20N2O7S/c1-8-5-11(7-14,3-4-13(8)10(16)17)12-21(18,19)6-9(15)20-2/h8,12,14H,3-7H2,1-2H3,(H,16,17)/t8-,11+/m0/s1. The highest BCUT2D eigenvalue weighted by molar-refractivity contribution is 7.90. The Hall–Kier alpha value is -1.39. The molecule has 0 bridgehead atoms. The molecule has 21 heavy (non-hydrogen) atoms. The van der Waals surface area contributed by atoms with Crippen LogP contribution < -0.4 is 4.72 Å². The van der Waals surface area contributed by atoms with Crippen LogP contribution in [0.4, 0.5) is 4.79 Å². The molecule has 1 fully saturated rings. The molecule has 0 aromatic rings. The number of sulfonamides is 1. The first kappa shape index (κ1) is 17.7. The van der Waals surface area contributed by atoms with E-state index in [0.717, 1.165) is 7.11 Å². The fourth-order valence-electron chi connectivity index (χ4n) is 2.47. The lowest BCUT2D eigenvalue weighted by atomic mass is 9.85. The number of aliphatic hydroxyl groups is 1. The van der Waals surface area contributed by atoms with Crippen molar-refractivity contribution < 1.29 is 33.0 Å². The van der Waals surface area contributed by atoms with Gasteiger partial charge in [0.2, 0.25) is 10.0 Å². The number of rotatable bonds is 5. The summed E-state index contributed by atoms with van der Waals surface area (Å²) in [5.41, 5.74) is -1.17. The van der Waals surface area contributed by atoms with Crippen LogP contribution >= 0.6 is 0 Å². The van der Waals surface area contributed by atoms with Gasteiger partial charge in [-0.15, -0.1) is 0 Å². The Balaban J connectivity index is 2.84. The highest BCUT2D eigenvalue weighted by atomic mass is 32.2. The molecule has 1 heterocycles. The Morgan fingerprint density at radius 2 is 2.10 bits per heavy atom. The molecule has 1 aliphatic heterocycles. The minimum Gasteiger partial charge on any atom is -0.468 e. The molecule has 9 nitrogen and oxygen atoms in total. The third kappa shape index (κ3) is 4.55. The van der Waals surface area contributed by atoms with E-state index in [2.05, 4.69) is 9.46 Å². The van der Waals surface area contributed by atoms with E-state index in [9.17, 15) is 23.1 Å². The van der Waals surface area contributed by atoms with Crippen LogP contribution in [0.5, 0.6) is 0 Å². The fourth-order valence-corrected chi connectivity index (χ4v) is 3.88. The summed E-state index contributed by atoms with van der Waals surface area (Å²) in [7, 11) is -2.90. The lowest BCUT2D eigenvalue weighted by molar-refractivity contribution is -0.137. The molecule has 2 atom stereocenters. The van der Waals surface area contributed by atoms with Crippen molar-refractivity contribution in [1.29, 1.82) is 0 Å². The van der Waals surface area contributed by atoms with Gasteiger partial charge in [-0.05, 0) is 19.8 Å². The third-order valence-corrected chi connectivity index (χ3v) is 4.87.